The number of nitrogens with zero attached hydrogens (tertiary/aromatic N) is 1. The summed E-state index contributed by atoms with van der Waals surface area (Å²) in [6.07, 6.45) is 11.2. The Morgan fingerprint density at radius 1 is 1.05 bits per heavy atom. The van der Waals surface area contributed by atoms with E-state index in [2.05, 4.69) is 41.8 Å². The highest BCUT2D eigenvalue weighted by atomic mass is 28.2. The zero-order valence-electron chi connectivity index (χ0n) is 12.3. The van der Waals surface area contributed by atoms with Crippen LogP contribution in [0.15, 0.2) is 30.3 Å². The van der Waals surface area contributed by atoms with Crippen LogP contribution in [0.2, 0.25) is 0 Å². The fourth-order valence-corrected chi connectivity index (χ4v) is 4.32. The molecule has 1 aliphatic carbocycles. The first-order valence-corrected chi connectivity index (χ1v) is 8.93. The van der Waals surface area contributed by atoms with Gasteiger partial charge < -0.3 is 4.57 Å². The van der Waals surface area contributed by atoms with E-state index in [0.29, 0.717) is 0 Å². The molecule has 0 aliphatic heterocycles. The number of hydrogen-bond donors (Lipinski definition) is 0. The molecule has 0 amide bonds. The van der Waals surface area contributed by atoms with E-state index in [1.54, 1.807) is 0 Å². The molecule has 2 heteroatoms. The van der Waals surface area contributed by atoms with Gasteiger partial charge in [0.2, 0.25) is 0 Å². The minimum atomic E-state index is 0.851. The SMILES string of the molecule is CCCCCN([Si]c1ccccc1)C1CCCCC1. The number of hydrogen-bond acceptors (Lipinski definition) is 1. The quantitative estimate of drug-likeness (QED) is 0.540. The lowest BCUT2D eigenvalue weighted by atomic mass is 9.95. The maximum absolute atomic E-state index is 2.78. The second kappa shape index (κ2) is 8.54. The Bertz CT molecular complexity index is 332. The number of benzene rings is 1. The van der Waals surface area contributed by atoms with Crippen LogP contribution in [0.1, 0.15) is 58.3 Å². The summed E-state index contributed by atoms with van der Waals surface area (Å²) in [6.45, 7) is 3.59. The van der Waals surface area contributed by atoms with Gasteiger partial charge in [-0.1, -0.05) is 69.4 Å². The van der Waals surface area contributed by atoms with E-state index in [4.69, 9.17) is 0 Å². The lowest BCUT2D eigenvalue weighted by Crippen LogP contribution is -2.44. The molecule has 0 unspecified atom stereocenters. The van der Waals surface area contributed by atoms with Crippen LogP contribution in [0.3, 0.4) is 0 Å². The standard InChI is InChI=1S/C17H27NSi/c1-2-3-10-15-18(16-11-6-4-7-12-16)19-17-13-8-5-9-14-17/h5,8-9,13-14,16H,2-4,6-7,10-12,15H2,1H3. The molecule has 19 heavy (non-hydrogen) atoms. The van der Waals surface area contributed by atoms with Crippen molar-refractivity contribution in [2.45, 2.75) is 64.3 Å². The molecule has 1 aromatic rings. The van der Waals surface area contributed by atoms with E-state index < -0.39 is 0 Å². The Balaban J connectivity index is 1.92. The molecule has 0 bridgehead atoms. The second-order valence-corrected chi connectivity index (χ2v) is 7.05. The van der Waals surface area contributed by atoms with E-state index in [9.17, 15) is 0 Å². The highest BCUT2D eigenvalue weighted by Gasteiger charge is 2.21. The van der Waals surface area contributed by atoms with Crippen LogP contribution >= 0.6 is 0 Å². The van der Waals surface area contributed by atoms with Crippen LogP contribution in [0.25, 0.3) is 0 Å². The average molecular weight is 273 g/mol. The van der Waals surface area contributed by atoms with Gasteiger partial charge in [0, 0.05) is 6.04 Å². The normalized spacial score (nSPS) is 16.9. The summed E-state index contributed by atoms with van der Waals surface area (Å²) in [7, 11) is 0.871. The van der Waals surface area contributed by atoms with Crippen molar-refractivity contribution in [2.75, 3.05) is 6.54 Å². The van der Waals surface area contributed by atoms with E-state index in [1.807, 2.05) is 0 Å². The van der Waals surface area contributed by atoms with Crippen molar-refractivity contribution in [1.82, 2.24) is 4.57 Å². The zero-order chi connectivity index (χ0) is 13.3. The first-order valence-electron chi connectivity index (χ1n) is 7.98. The predicted molar refractivity (Wildman–Crippen MR) is 84.9 cm³/mol. The topological polar surface area (TPSA) is 3.24 Å². The monoisotopic (exact) mass is 273 g/mol. The Labute approximate surface area is 121 Å². The molecule has 2 rings (SSSR count). The fraction of sp³-hybridized carbons (Fsp3) is 0.647. The van der Waals surface area contributed by atoms with Crippen LogP contribution in [-0.4, -0.2) is 26.8 Å². The number of rotatable bonds is 7. The van der Waals surface area contributed by atoms with Crippen molar-refractivity contribution in [3.05, 3.63) is 30.3 Å². The summed E-state index contributed by atoms with van der Waals surface area (Å²) in [6, 6.07) is 11.9. The Morgan fingerprint density at radius 2 is 1.79 bits per heavy atom. The highest BCUT2D eigenvalue weighted by Crippen LogP contribution is 2.22. The largest absolute Gasteiger partial charge is 0.319 e. The van der Waals surface area contributed by atoms with E-state index in [0.717, 1.165) is 15.7 Å². The molecule has 1 aromatic carbocycles. The van der Waals surface area contributed by atoms with Gasteiger partial charge in [0.1, 0.15) is 0 Å². The summed E-state index contributed by atoms with van der Waals surface area (Å²) in [5, 5.41) is 1.50. The van der Waals surface area contributed by atoms with Crippen molar-refractivity contribution in [1.29, 1.82) is 0 Å². The third-order valence-electron chi connectivity index (χ3n) is 4.06. The molecule has 1 saturated carbocycles. The van der Waals surface area contributed by atoms with Crippen molar-refractivity contribution in [2.24, 2.45) is 0 Å². The third-order valence-corrected chi connectivity index (χ3v) is 5.53. The minimum Gasteiger partial charge on any atom is -0.319 e. The molecule has 104 valence electrons. The van der Waals surface area contributed by atoms with Gasteiger partial charge in [0.25, 0.3) is 0 Å². The minimum absolute atomic E-state index is 0.851. The summed E-state index contributed by atoms with van der Waals surface area (Å²) >= 11 is 0. The first kappa shape index (κ1) is 14.8. The Hall–Kier alpha value is -0.603. The smallest absolute Gasteiger partial charge is 0.182 e. The predicted octanol–water partition coefficient (Wildman–Crippen LogP) is 3.76. The lowest BCUT2D eigenvalue weighted by molar-refractivity contribution is 0.255. The van der Waals surface area contributed by atoms with Gasteiger partial charge in [-0.05, 0) is 31.0 Å². The van der Waals surface area contributed by atoms with Crippen LogP contribution in [0.5, 0.6) is 0 Å². The molecular weight excluding hydrogens is 246 g/mol. The van der Waals surface area contributed by atoms with Crippen molar-refractivity contribution >= 4 is 14.9 Å². The second-order valence-electron chi connectivity index (χ2n) is 5.67. The summed E-state index contributed by atoms with van der Waals surface area (Å²) in [5.41, 5.74) is 0. The number of unbranched alkanes of at least 4 members (excludes halogenated alkanes) is 2. The van der Waals surface area contributed by atoms with E-state index in [-0.39, 0.29) is 0 Å². The van der Waals surface area contributed by atoms with Crippen LogP contribution in [0.4, 0.5) is 0 Å². The van der Waals surface area contributed by atoms with Gasteiger partial charge in [0.15, 0.2) is 9.68 Å². The molecule has 0 saturated heterocycles. The molecule has 1 fully saturated rings. The van der Waals surface area contributed by atoms with Gasteiger partial charge in [-0.25, -0.2) is 0 Å². The van der Waals surface area contributed by atoms with Gasteiger partial charge in [0.05, 0.1) is 0 Å². The van der Waals surface area contributed by atoms with Crippen molar-refractivity contribution < 1.29 is 0 Å². The maximum atomic E-state index is 2.78. The van der Waals surface area contributed by atoms with Crippen molar-refractivity contribution in [3.8, 4) is 0 Å². The summed E-state index contributed by atoms with van der Waals surface area (Å²) < 4.78 is 2.78. The van der Waals surface area contributed by atoms with Crippen LogP contribution in [0, 0.1) is 0 Å². The Kier molecular flexibility index (Phi) is 6.65. The lowest BCUT2D eigenvalue weighted by Gasteiger charge is -2.34. The molecular formula is C17H27NSi. The fourth-order valence-electron chi connectivity index (χ4n) is 2.93. The van der Waals surface area contributed by atoms with E-state index in [1.165, 1.54) is 63.1 Å². The average Bonchev–Trinajstić information content (AvgIpc) is 2.48. The maximum Gasteiger partial charge on any atom is 0.182 e. The molecule has 1 nitrogen and oxygen atoms in total. The molecule has 0 aromatic heterocycles. The van der Waals surface area contributed by atoms with Crippen LogP contribution in [-0.2, 0) is 0 Å². The van der Waals surface area contributed by atoms with Gasteiger partial charge >= 0.3 is 0 Å². The Morgan fingerprint density at radius 3 is 2.47 bits per heavy atom. The summed E-state index contributed by atoms with van der Waals surface area (Å²) in [5.74, 6) is 0. The molecule has 0 N–H and O–H groups in total. The van der Waals surface area contributed by atoms with Crippen molar-refractivity contribution in [3.63, 3.8) is 0 Å². The molecule has 0 atom stereocenters. The molecule has 0 heterocycles. The molecule has 0 spiro atoms. The van der Waals surface area contributed by atoms with Gasteiger partial charge in [-0.3, -0.25) is 0 Å². The van der Waals surface area contributed by atoms with E-state index >= 15 is 0 Å². The first-order chi connectivity index (χ1) is 9.40. The zero-order valence-corrected chi connectivity index (χ0v) is 13.3. The van der Waals surface area contributed by atoms with Gasteiger partial charge in [-0.15, -0.1) is 0 Å². The molecule has 1 aliphatic rings. The summed E-state index contributed by atoms with van der Waals surface area (Å²) in [4.78, 5) is 0. The van der Waals surface area contributed by atoms with Crippen LogP contribution < -0.4 is 5.19 Å². The molecule has 2 radical (unpaired) electrons. The third kappa shape index (κ3) is 5.11. The highest BCUT2D eigenvalue weighted by molar-refractivity contribution is 6.50. The van der Waals surface area contributed by atoms with Gasteiger partial charge in [-0.2, -0.15) is 0 Å².